The van der Waals surface area contributed by atoms with Gasteiger partial charge in [-0.2, -0.15) is 5.10 Å². The minimum atomic E-state index is -0.162. The first-order valence-electron chi connectivity index (χ1n) is 8.23. The van der Waals surface area contributed by atoms with E-state index in [9.17, 15) is 0 Å². The number of hydrogen-bond acceptors (Lipinski definition) is 6. The smallest absolute Gasteiger partial charge is 0.168 e. The molecule has 0 atom stereocenters. The summed E-state index contributed by atoms with van der Waals surface area (Å²) in [6, 6.07) is 1.96. The fourth-order valence-corrected chi connectivity index (χ4v) is 3.14. The average molecular weight is 331 g/mol. The molecule has 2 aromatic heterocycles. The van der Waals surface area contributed by atoms with Crippen LogP contribution in [0.4, 0.5) is 5.69 Å². The standard InChI is InChI=1S/C18H17N7/c1-10-19-15-14-11(8-9-24(15)23-10)20-12-6-5-7-13-21-17(18(2,3)4)22-16(14)25(12)13/h5-9H,1-4H3. The van der Waals surface area contributed by atoms with E-state index < -0.39 is 0 Å². The highest BCUT2D eigenvalue weighted by molar-refractivity contribution is 6.25. The lowest BCUT2D eigenvalue weighted by molar-refractivity contribution is 0.572. The van der Waals surface area contributed by atoms with E-state index in [-0.39, 0.29) is 5.41 Å². The molecule has 0 spiro atoms. The fourth-order valence-electron chi connectivity index (χ4n) is 3.14. The lowest BCUT2D eigenvalue weighted by atomic mass is 9.94. The summed E-state index contributed by atoms with van der Waals surface area (Å²) in [6.07, 6.45) is 7.82. The first-order chi connectivity index (χ1) is 11.9. The topological polar surface area (TPSA) is 70.5 Å². The second kappa shape index (κ2) is 4.50. The second-order valence-corrected chi connectivity index (χ2v) is 7.31. The molecule has 0 radical (unpaired) electrons. The van der Waals surface area contributed by atoms with Gasteiger partial charge in [0.2, 0.25) is 0 Å². The van der Waals surface area contributed by atoms with Crippen molar-refractivity contribution in [2.45, 2.75) is 27.7 Å². The van der Waals surface area contributed by atoms with Crippen LogP contribution in [0.15, 0.2) is 51.3 Å². The Morgan fingerprint density at radius 2 is 1.92 bits per heavy atom. The number of aryl methyl sites for hydroxylation is 1. The van der Waals surface area contributed by atoms with Gasteiger partial charge >= 0.3 is 0 Å². The Labute approximate surface area is 144 Å². The molecule has 7 heteroatoms. The first kappa shape index (κ1) is 14.3. The average Bonchev–Trinajstić information content (AvgIpc) is 2.94. The van der Waals surface area contributed by atoms with Crippen molar-refractivity contribution in [2.24, 2.45) is 20.4 Å². The molecule has 5 heterocycles. The van der Waals surface area contributed by atoms with Crippen LogP contribution < -0.4 is 0 Å². The van der Waals surface area contributed by atoms with Crippen molar-refractivity contribution in [1.29, 1.82) is 0 Å². The van der Waals surface area contributed by atoms with Crippen LogP contribution >= 0.6 is 0 Å². The number of fused-ring (bicyclic) bond motifs is 4. The Balaban J connectivity index is 1.87. The molecule has 2 aromatic rings. The molecule has 0 bridgehead atoms. The van der Waals surface area contributed by atoms with Gasteiger partial charge in [-0.05, 0) is 25.1 Å². The third kappa shape index (κ3) is 1.95. The van der Waals surface area contributed by atoms with Crippen LogP contribution in [0.3, 0.4) is 0 Å². The molecule has 0 saturated carbocycles. The van der Waals surface area contributed by atoms with E-state index in [1.165, 1.54) is 0 Å². The van der Waals surface area contributed by atoms with Gasteiger partial charge in [0.15, 0.2) is 11.5 Å². The molecule has 5 rings (SSSR count). The van der Waals surface area contributed by atoms with Gasteiger partial charge in [-0.3, -0.25) is 4.90 Å². The van der Waals surface area contributed by atoms with Gasteiger partial charge in [-0.15, -0.1) is 0 Å². The predicted molar refractivity (Wildman–Crippen MR) is 97.3 cm³/mol. The number of aromatic nitrogens is 3. The molecule has 0 aromatic carbocycles. The molecule has 3 aliphatic heterocycles. The maximum Gasteiger partial charge on any atom is 0.168 e. The molecule has 0 N–H and O–H groups in total. The van der Waals surface area contributed by atoms with Gasteiger partial charge < -0.3 is 0 Å². The molecule has 3 aliphatic rings. The van der Waals surface area contributed by atoms with Crippen LogP contribution in [0.5, 0.6) is 0 Å². The van der Waals surface area contributed by atoms with Crippen molar-refractivity contribution < 1.29 is 0 Å². The molecular formula is C18H17N7. The predicted octanol–water partition coefficient (Wildman–Crippen LogP) is 3.00. The van der Waals surface area contributed by atoms with Crippen LogP contribution in [0.1, 0.15) is 32.2 Å². The molecule has 7 nitrogen and oxygen atoms in total. The quantitative estimate of drug-likeness (QED) is 0.745. The highest BCUT2D eigenvalue weighted by Gasteiger charge is 2.36. The van der Waals surface area contributed by atoms with Crippen molar-refractivity contribution in [1.82, 2.24) is 19.5 Å². The van der Waals surface area contributed by atoms with E-state index in [1.807, 2.05) is 42.3 Å². The zero-order valence-corrected chi connectivity index (χ0v) is 14.5. The maximum atomic E-state index is 4.91. The summed E-state index contributed by atoms with van der Waals surface area (Å²) in [5.74, 6) is 3.99. The van der Waals surface area contributed by atoms with E-state index >= 15 is 0 Å². The van der Waals surface area contributed by atoms with Crippen molar-refractivity contribution in [3.05, 3.63) is 47.7 Å². The van der Waals surface area contributed by atoms with Gasteiger partial charge in [-0.25, -0.2) is 24.5 Å². The van der Waals surface area contributed by atoms with Gasteiger partial charge in [-0.1, -0.05) is 26.8 Å². The highest BCUT2D eigenvalue weighted by atomic mass is 15.4. The zero-order chi connectivity index (χ0) is 17.3. The largest absolute Gasteiger partial charge is 0.262 e. The Kier molecular flexibility index (Phi) is 2.57. The number of aliphatic imine (C=N–C) groups is 3. The maximum absolute atomic E-state index is 4.91. The second-order valence-electron chi connectivity index (χ2n) is 7.31. The number of nitrogens with zero attached hydrogens (tertiary/aromatic N) is 7. The van der Waals surface area contributed by atoms with E-state index in [4.69, 9.17) is 15.0 Å². The number of pyridine rings is 1. The Bertz CT molecular complexity index is 1090. The molecule has 0 aliphatic carbocycles. The Hall–Kier alpha value is -3.09. The van der Waals surface area contributed by atoms with Gasteiger partial charge in [0.1, 0.15) is 23.3 Å². The Morgan fingerprint density at radius 1 is 1.08 bits per heavy atom. The molecule has 0 unspecified atom stereocenters. The summed E-state index contributed by atoms with van der Waals surface area (Å²) in [4.78, 5) is 21.0. The monoisotopic (exact) mass is 331 g/mol. The number of allylic oxidation sites excluding steroid dienone is 2. The van der Waals surface area contributed by atoms with Gasteiger partial charge in [0.25, 0.3) is 0 Å². The minimum absolute atomic E-state index is 0.162. The lowest BCUT2D eigenvalue weighted by Gasteiger charge is -2.36. The number of amidine groups is 3. The molecule has 0 amide bonds. The summed E-state index contributed by atoms with van der Waals surface area (Å²) < 4.78 is 1.78. The first-order valence-corrected chi connectivity index (χ1v) is 8.23. The SMILES string of the molecule is Cc1nc2c3c(ccn2n1)N=C1C=CC=C2N=C(C(C)(C)C)N=C3N21. The summed E-state index contributed by atoms with van der Waals surface area (Å²) in [7, 11) is 0. The normalized spacial score (nSPS) is 18.3. The van der Waals surface area contributed by atoms with Crippen LogP contribution in [0.2, 0.25) is 0 Å². The van der Waals surface area contributed by atoms with Crippen molar-refractivity contribution in [2.75, 3.05) is 0 Å². The summed E-state index contributed by atoms with van der Waals surface area (Å²) >= 11 is 0. The number of hydrogen-bond donors (Lipinski definition) is 0. The van der Waals surface area contributed by atoms with Crippen molar-refractivity contribution in [3.8, 4) is 0 Å². The zero-order valence-electron chi connectivity index (χ0n) is 14.5. The molecular weight excluding hydrogens is 314 g/mol. The fraction of sp³-hybridized carbons (Fsp3) is 0.278. The van der Waals surface area contributed by atoms with Crippen LogP contribution in [0, 0.1) is 12.3 Å². The van der Waals surface area contributed by atoms with Crippen LogP contribution in [-0.4, -0.2) is 37.0 Å². The van der Waals surface area contributed by atoms with E-state index in [0.29, 0.717) is 0 Å². The lowest BCUT2D eigenvalue weighted by Crippen LogP contribution is -2.43. The number of rotatable bonds is 0. The minimum Gasteiger partial charge on any atom is -0.262 e. The van der Waals surface area contributed by atoms with E-state index in [1.54, 1.807) is 4.52 Å². The summed E-state index contributed by atoms with van der Waals surface area (Å²) in [6.45, 7) is 8.23. The van der Waals surface area contributed by atoms with Crippen molar-refractivity contribution >= 4 is 28.8 Å². The highest BCUT2D eigenvalue weighted by Crippen LogP contribution is 2.36. The summed E-state index contributed by atoms with van der Waals surface area (Å²) in [5.41, 5.74) is 2.35. The third-order valence-electron chi connectivity index (χ3n) is 4.31. The van der Waals surface area contributed by atoms with Crippen LogP contribution in [0.25, 0.3) is 5.65 Å². The van der Waals surface area contributed by atoms with Gasteiger partial charge in [0.05, 0.1) is 11.3 Å². The molecule has 124 valence electrons. The van der Waals surface area contributed by atoms with Crippen molar-refractivity contribution in [3.63, 3.8) is 0 Å². The molecule has 25 heavy (non-hydrogen) atoms. The summed E-state index contributed by atoms with van der Waals surface area (Å²) in [5, 5.41) is 4.42. The van der Waals surface area contributed by atoms with Crippen LogP contribution in [-0.2, 0) is 0 Å². The molecule has 0 saturated heterocycles. The van der Waals surface area contributed by atoms with E-state index in [0.717, 1.165) is 46.1 Å². The third-order valence-corrected chi connectivity index (χ3v) is 4.31. The molecule has 0 fully saturated rings. The Morgan fingerprint density at radius 3 is 2.72 bits per heavy atom. The van der Waals surface area contributed by atoms with E-state index in [2.05, 4.69) is 30.9 Å². The van der Waals surface area contributed by atoms with Gasteiger partial charge in [0, 0.05) is 11.6 Å².